The van der Waals surface area contributed by atoms with Gasteiger partial charge in [0.15, 0.2) is 0 Å². The first kappa shape index (κ1) is 16.3. The second kappa shape index (κ2) is 7.82. The fourth-order valence-corrected chi connectivity index (χ4v) is 2.36. The number of nitrogens with two attached hydrogens (primary N) is 1. The molecule has 0 fully saturated rings. The highest BCUT2D eigenvalue weighted by molar-refractivity contribution is 6.30. The van der Waals surface area contributed by atoms with Gasteiger partial charge in [0.2, 0.25) is 5.91 Å². The molecule has 0 aliphatic carbocycles. The Hall–Kier alpha value is -2.04. The van der Waals surface area contributed by atoms with E-state index < -0.39 is 6.04 Å². The molecular formula is C17H19ClN2O2. The molecule has 1 amide bonds. The zero-order valence-corrected chi connectivity index (χ0v) is 13.2. The van der Waals surface area contributed by atoms with Gasteiger partial charge >= 0.3 is 0 Å². The number of nitrogens with zero attached hydrogens (tertiary/aromatic N) is 1. The van der Waals surface area contributed by atoms with Crippen LogP contribution in [0.25, 0.3) is 0 Å². The lowest BCUT2D eigenvalue weighted by atomic mass is 10.1. The Bertz CT molecular complexity index is 602. The minimum atomic E-state index is -0.463. The van der Waals surface area contributed by atoms with Crippen LogP contribution in [0.2, 0.25) is 5.02 Å². The van der Waals surface area contributed by atoms with Crippen LogP contribution in [-0.4, -0.2) is 31.0 Å². The van der Waals surface area contributed by atoms with E-state index in [1.54, 1.807) is 12.1 Å². The van der Waals surface area contributed by atoms with E-state index in [0.717, 1.165) is 11.3 Å². The Kier molecular flexibility index (Phi) is 5.81. The molecule has 2 N–H and O–H groups in total. The predicted molar refractivity (Wildman–Crippen MR) is 88.0 cm³/mol. The summed E-state index contributed by atoms with van der Waals surface area (Å²) in [5, 5.41) is 0.669. The molecule has 0 aromatic heterocycles. The molecule has 116 valence electrons. The summed E-state index contributed by atoms with van der Waals surface area (Å²) >= 11 is 5.83. The van der Waals surface area contributed by atoms with Gasteiger partial charge in [-0.2, -0.15) is 0 Å². The molecule has 2 rings (SSSR count). The van der Waals surface area contributed by atoms with Gasteiger partial charge in [-0.1, -0.05) is 41.9 Å². The lowest BCUT2D eigenvalue weighted by Gasteiger charge is -2.25. The lowest BCUT2D eigenvalue weighted by Crippen LogP contribution is -2.37. The van der Waals surface area contributed by atoms with E-state index in [4.69, 9.17) is 22.1 Å². The maximum atomic E-state index is 11.7. The average molecular weight is 319 g/mol. The van der Waals surface area contributed by atoms with E-state index in [1.807, 2.05) is 54.4 Å². The van der Waals surface area contributed by atoms with E-state index in [0.29, 0.717) is 18.2 Å². The minimum Gasteiger partial charge on any atom is -0.492 e. The summed E-state index contributed by atoms with van der Waals surface area (Å²) in [6.07, 6.45) is 0. The van der Waals surface area contributed by atoms with Crippen LogP contribution < -0.4 is 10.5 Å². The molecule has 0 aliphatic rings. The number of ether oxygens (including phenoxy) is 1. The summed E-state index contributed by atoms with van der Waals surface area (Å²) in [5.41, 5.74) is 6.41. The van der Waals surface area contributed by atoms with Crippen molar-refractivity contribution in [3.05, 3.63) is 65.2 Å². The molecule has 0 radical (unpaired) electrons. The predicted octanol–water partition coefficient (Wildman–Crippen LogP) is 2.88. The van der Waals surface area contributed by atoms with Gasteiger partial charge in [0.1, 0.15) is 18.4 Å². The van der Waals surface area contributed by atoms with Crippen molar-refractivity contribution in [3.63, 3.8) is 0 Å². The summed E-state index contributed by atoms with van der Waals surface area (Å²) in [6, 6.07) is 16.2. The molecule has 2 aromatic rings. The van der Waals surface area contributed by atoms with Crippen LogP contribution in [0.15, 0.2) is 54.6 Å². The first-order chi connectivity index (χ1) is 10.6. The van der Waals surface area contributed by atoms with Crippen LogP contribution in [0.4, 0.5) is 0 Å². The zero-order valence-electron chi connectivity index (χ0n) is 12.4. The fraction of sp³-hybridized carbons (Fsp3) is 0.235. The van der Waals surface area contributed by atoms with E-state index in [-0.39, 0.29) is 5.91 Å². The summed E-state index contributed by atoms with van der Waals surface area (Å²) in [7, 11) is 1.85. The van der Waals surface area contributed by atoms with Gasteiger partial charge in [-0.25, -0.2) is 0 Å². The Balaban J connectivity index is 1.93. The van der Waals surface area contributed by atoms with Crippen molar-refractivity contribution in [2.24, 2.45) is 5.73 Å². The quantitative estimate of drug-likeness (QED) is 0.854. The summed E-state index contributed by atoms with van der Waals surface area (Å²) in [6.45, 7) is 1.03. The number of hydrogen-bond acceptors (Lipinski definition) is 3. The highest BCUT2D eigenvalue weighted by Gasteiger charge is 2.22. The first-order valence-corrected chi connectivity index (χ1v) is 7.38. The number of amides is 1. The van der Waals surface area contributed by atoms with Gasteiger partial charge in [0.05, 0.1) is 0 Å². The second-order valence-electron chi connectivity index (χ2n) is 5.00. The molecule has 5 heteroatoms. The molecule has 0 heterocycles. The van der Waals surface area contributed by atoms with E-state index >= 15 is 0 Å². The third-order valence-corrected chi connectivity index (χ3v) is 3.60. The molecule has 0 saturated heterocycles. The van der Waals surface area contributed by atoms with Crippen LogP contribution in [0.1, 0.15) is 11.6 Å². The third-order valence-electron chi connectivity index (χ3n) is 3.35. The van der Waals surface area contributed by atoms with E-state index in [2.05, 4.69) is 0 Å². The summed E-state index contributed by atoms with van der Waals surface area (Å²) in [4.78, 5) is 13.6. The molecule has 4 nitrogen and oxygen atoms in total. The topological polar surface area (TPSA) is 55.6 Å². The lowest BCUT2D eigenvalue weighted by molar-refractivity contribution is -0.123. The van der Waals surface area contributed by atoms with Crippen molar-refractivity contribution in [1.29, 1.82) is 0 Å². The zero-order chi connectivity index (χ0) is 15.9. The monoisotopic (exact) mass is 318 g/mol. The Morgan fingerprint density at radius 3 is 2.41 bits per heavy atom. The van der Waals surface area contributed by atoms with Gasteiger partial charge < -0.3 is 10.5 Å². The number of rotatable bonds is 7. The molecule has 0 unspecified atom stereocenters. The van der Waals surface area contributed by atoms with Crippen LogP contribution >= 0.6 is 11.6 Å². The van der Waals surface area contributed by atoms with Crippen molar-refractivity contribution in [2.45, 2.75) is 6.04 Å². The molecule has 0 aliphatic heterocycles. The standard InChI is InChI=1S/C17H19ClN2O2/c1-20(11-12-22-15-9-7-14(18)8-10-15)16(17(19)21)13-5-3-2-4-6-13/h2-10,16H,11-12H2,1H3,(H2,19,21)/t16-/m0/s1. The van der Waals surface area contributed by atoms with Crippen LogP contribution in [0, 0.1) is 0 Å². The van der Waals surface area contributed by atoms with Gasteiger partial charge in [0.25, 0.3) is 0 Å². The summed E-state index contributed by atoms with van der Waals surface area (Å²) in [5.74, 6) is 0.369. The molecule has 1 atom stereocenters. The number of hydrogen-bond donors (Lipinski definition) is 1. The molecule has 0 saturated carbocycles. The van der Waals surface area contributed by atoms with Crippen molar-refractivity contribution >= 4 is 17.5 Å². The Labute approximate surface area is 135 Å². The van der Waals surface area contributed by atoms with E-state index in [9.17, 15) is 4.79 Å². The van der Waals surface area contributed by atoms with Crippen molar-refractivity contribution in [3.8, 4) is 5.75 Å². The molecule has 0 spiro atoms. The number of likely N-dealkylation sites (N-methyl/N-ethyl adjacent to an activating group) is 1. The fourth-order valence-electron chi connectivity index (χ4n) is 2.24. The SMILES string of the molecule is CN(CCOc1ccc(Cl)cc1)[C@H](C(N)=O)c1ccccc1. The molecular weight excluding hydrogens is 300 g/mol. The van der Waals surface area contributed by atoms with Crippen LogP contribution in [0.5, 0.6) is 5.75 Å². The maximum Gasteiger partial charge on any atom is 0.239 e. The highest BCUT2D eigenvalue weighted by atomic mass is 35.5. The number of halogens is 1. The smallest absolute Gasteiger partial charge is 0.239 e. The number of primary amides is 1. The van der Waals surface area contributed by atoms with Crippen molar-refractivity contribution in [1.82, 2.24) is 4.90 Å². The van der Waals surface area contributed by atoms with Crippen molar-refractivity contribution < 1.29 is 9.53 Å². The van der Waals surface area contributed by atoms with E-state index in [1.165, 1.54) is 0 Å². The average Bonchev–Trinajstić information content (AvgIpc) is 2.50. The van der Waals surface area contributed by atoms with Gasteiger partial charge in [-0.15, -0.1) is 0 Å². The number of carbonyl (C=O) groups excluding carboxylic acids is 1. The third kappa shape index (κ3) is 4.48. The first-order valence-electron chi connectivity index (χ1n) is 7.01. The second-order valence-corrected chi connectivity index (χ2v) is 5.44. The number of carbonyl (C=O) groups is 1. The van der Waals surface area contributed by atoms with Gasteiger partial charge in [-0.3, -0.25) is 9.69 Å². The van der Waals surface area contributed by atoms with Crippen LogP contribution in [0.3, 0.4) is 0 Å². The Morgan fingerprint density at radius 2 is 1.82 bits per heavy atom. The van der Waals surface area contributed by atoms with Crippen molar-refractivity contribution in [2.75, 3.05) is 20.2 Å². The van der Waals surface area contributed by atoms with Gasteiger partial charge in [0, 0.05) is 11.6 Å². The normalized spacial score (nSPS) is 12.1. The minimum absolute atomic E-state index is 0.375. The molecule has 22 heavy (non-hydrogen) atoms. The summed E-state index contributed by atoms with van der Waals surface area (Å²) < 4.78 is 5.65. The Morgan fingerprint density at radius 1 is 1.18 bits per heavy atom. The number of benzene rings is 2. The highest BCUT2D eigenvalue weighted by Crippen LogP contribution is 2.19. The molecule has 0 bridgehead atoms. The van der Waals surface area contributed by atoms with Crippen LogP contribution in [-0.2, 0) is 4.79 Å². The van der Waals surface area contributed by atoms with Gasteiger partial charge in [-0.05, 0) is 36.9 Å². The molecule has 2 aromatic carbocycles. The largest absolute Gasteiger partial charge is 0.492 e. The maximum absolute atomic E-state index is 11.7.